The molecule has 1 aliphatic carbocycles. The SMILES string of the molecule is C=CCN1CCC[C@@H]2Cc3cccc(OC)c3C[C@@H]21.Cl. The molecule has 2 aliphatic rings. The predicted molar refractivity (Wildman–Crippen MR) is 85.9 cm³/mol. The topological polar surface area (TPSA) is 12.5 Å². The van der Waals surface area contributed by atoms with Crippen LogP contribution in [0.4, 0.5) is 0 Å². The van der Waals surface area contributed by atoms with Crippen LogP contribution in [-0.2, 0) is 12.8 Å². The van der Waals surface area contributed by atoms with Crippen molar-refractivity contribution in [3.63, 3.8) is 0 Å². The van der Waals surface area contributed by atoms with E-state index in [9.17, 15) is 0 Å². The molecule has 2 atom stereocenters. The highest BCUT2D eigenvalue weighted by Crippen LogP contribution is 2.38. The van der Waals surface area contributed by atoms with E-state index in [1.165, 1.54) is 36.9 Å². The lowest BCUT2D eigenvalue weighted by Crippen LogP contribution is -2.49. The van der Waals surface area contributed by atoms with Gasteiger partial charge in [0.05, 0.1) is 7.11 Å². The molecule has 20 heavy (non-hydrogen) atoms. The summed E-state index contributed by atoms with van der Waals surface area (Å²) in [4.78, 5) is 2.61. The van der Waals surface area contributed by atoms with Crippen molar-refractivity contribution in [3.8, 4) is 5.75 Å². The summed E-state index contributed by atoms with van der Waals surface area (Å²) in [7, 11) is 1.78. The molecule has 1 heterocycles. The summed E-state index contributed by atoms with van der Waals surface area (Å²) < 4.78 is 5.55. The molecule has 1 saturated heterocycles. The van der Waals surface area contributed by atoms with Gasteiger partial charge in [-0.15, -0.1) is 19.0 Å². The number of nitrogens with zero attached hydrogens (tertiary/aromatic N) is 1. The lowest BCUT2D eigenvalue weighted by molar-refractivity contribution is 0.0965. The molecular formula is C17H24ClNO. The number of piperidine rings is 1. The largest absolute Gasteiger partial charge is 0.496 e. The van der Waals surface area contributed by atoms with Gasteiger partial charge in [0.2, 0.25) is 0 Å². The molecule has 0 bridgehead atoms. The van der Waals surface area contributed by atoms with Crippen LogP contribution in [-0.4, -0.2) is 31.1 Å². The molecule has 110 valence electrons. The van der Waals surface area contributed by atoms with Gasteiger partial charge in [-0.2, -0.15) is 0 Å². The first-order valence-corrected chi connectivity index (χ1v) is 7.33. The summed E-state index contributed by atoms with van der Waals surface area (Å²) in [5.74, 6) is 1.88. The first-order chi connectivity index (χ1) is 9.33. The predicted octanol–water partition coefficient (Wildman–Crippen LogP) is 3.48. The molecule has 0 radical (unpaired) electrons. The van der Waals surface area contributed by atoms with Gasteiger partial charge in [0.1, 0.15) is 5.75 Å². The van der Waals surface area contributed by atoms with Gasteiger partial charge in [0.15, 0.2) is 0 Å². The van der Waals surface area contributed by atoms with E-state index in [0.717, 1.165) is 24.6 Å². The first kappa shape index (κ1) is 15.4. The summed E-state index contributed by atoms with van der Waals surface area (Å²) in [5.41, 5.74) is 2.93. The zero-order chi connectivity index (χ0) is 13.2. The van der Waals surface area contributed by atoms with Crippen LogP contribution in [0.5, 0.6) is 5.75 Å². The van der Waals surface area contributed by atoms with Crippen molar-refractivity contribution in [2.24, 2.45) is 5.92 Å². The highest BCUT2D eigenvalue weighted by molar-refractivity contribution is 5.85. The molecule has 0 spiro atoms. The van der Waals surface area contributed by atoms with E-state index >= 15 is 0 Å². The van der Waals surface area contributed by atoms with Crippen LogP contribution in [0.1, 0.15) is 24.0 Å². The monoisotopic (exact) mass is 293 g/mol. The maximum absolute atomic E-state index is 5.55. The molecule has 0 N–H and O–H groups in total. The molecule has 0 saturated carbocycles. The van der Waals surface area contributed by atoms with Crippen molar-refractivity contribution in [2.45, 2.75) is 31.7 Å². The number of hydrogen-bond acceptors (Lipinski definition) is 2. The van der Waals surface area contributed by atoms with Gasteiger partial charge in [-0.3, -0.25) is 4.90 Å². The number of ether oxygens (including phenoxy) is 1. The summed E-state index contributed by atoms with van der Waals surface area (Å²) >= 11 is 0. The average molecular weight is 294 g/mol. The summed E-state index contributed by atoms with van der Waals surface area (Å²) in [6.07, 6.45) is 7.09. The number of methoxy groups -OCH3 is 1. The Balaban J connectivity index is 0.00000147. The molecular weight excluding hydrogens is 270 g/mol. The minimum atomic E-state index is 0. The number of hydrogen-bond donors (Lipinski definition) is 0. The van der Waals surface area contributed by atoms with Gasteiger partial charge < -0.3 is 4.74 Å². The van der Waals surface area contributed by atoms with Gasteiger partial charge in [-0.25, -0.2) is 0 Å². The maximum Gasteiger partial charge on any atom is 0.122 e. The zero-order valence-corrected chi connectivity index (χ0v) is 13.0. The van der Waals surface area contributed by atoms with Crippen molar-refractivity contribution >= 4 is 12.4 Å². The Kier molecular flexibility index (Phi) is 5.11. The smallest absolute Gasteiger partial charge is 0.122 e. The maximum atomic E-state index is 5.55. The molecule has 3 heteroatoms. The highest BCUT2D eigenvalue weighted by atomic mass is 35.5. The van der Waals surface area contributed by atoms with Crippen LogP contribution in [0, 0.1) is 5.92 Å². The Morgan fingerprint density at radius 1 is 1.40 bits per heavy atom. The Labute approximate surface area is 128 Å². The second kappa shape index (κ2) is 6.64. The van der Waals surface area contributed by atoms with Gasteiger partial charge >= 0.3 is 0 Å². The minimum absolute atomic E-state index is 0. The summed E-state index contributed by atoms with van der Waals surface area (Å²) in [6.45, 7) is 6.14. The van der Waals surface area contributed by atoms with Crippen LogP contribution in [0.2, 0.25) is 0 Å². The fourth-order valence-electron chi connectivity index (χ4n) is 3.86. The van der Waals surface area contributed by atoms with Gasteiger partial charge in [-0.05, 0) is 55.3 Å². The van der Waals surface area contributed by atoms with E-state index < -0.39 is 0 Å². The minimum Gasteiger partial charge on any atom is -0.496 e. The number of halogens is 1. The lowest BCUT2D eigenvalue weighted by Gasteiger charge is -2.44. The number of fused-ring (bicyclic) bond motifs is 2. The molecule has 0 aromatic heterocycles. The van der Waals surface area contributed by atoms with Crippen LogP contribution in [0.25, 0.3) is 0 Å². The second-order valence-corrected chi connectivity index (χ2v) is 5.76. The van der Waals surface area contributed by atoms with E-state index in [1.807, 2.05) is 6.08 Å². The third kappa shape index (κ3) is 2.72. The first-order valence-electron chi connectivity index (χ1n) is 7.33. The van der Waals surface area contributed by atoms with Crippen molar-refractivity contribution < 1.29 is 4.74 Å². The van der Waals surface area contributed by atoms with Crippen LogP contribution < -0.4 is 4.74 Å². The molecule has 1 aromatic rings. The van der Waals surface area contributed by atoms with E-state index in [1.54, 1.807) is 7.11 Å². The van der Waals surface area contributed by atoms with Crippen molar-refractivity contribution in [3.05, 3.63) is 42.0 Å². The zero-order valence-electron chi connectivity index (χ0n) is 12.2. The van der Waals surface area contributed by atoms with Gasteiger partial charge in [0.25, 0.3) is 0 Å². The Hall–Kier alpha value is -0.990. The molecule has 0 amide bonds. The quantitative estimate of drug-likeness (QED) is 0.791. The third-order valence-corrected chi connectivity index (χ3v) is 4.74. The number of benzene rings is 1. The fraction of sp³-hybridized carbons (Fsp3) is 0.529. The molecule has 0 unspecified atom stereocenters. The van der Waals surface area contributed by atoms with Crippen LogP contribution in [0.15, 0.2) is 30.9 Å². The fourth-order valence-corrected chi connectivity index (χ4v) is 3.86. The van der Waals surface area contributed by atoms with Gasteiger partial charge in [0, 0.05) is 12.6 Å². The second-order valence-electron chi connectivity index (χ2n) is 5.76. The molecule has 1 aliphatic heterocycles. The normalized spacial score (nSPS) is 25.1. The van der Waals surface area contributed by atoms with E-state index in [0.29, 0.717) is 6.04 Å². The Bertz CT molecular complexity index is 474. The Morgan fingerprint density at radius 3 is 3.00 bits per heavy atom. The molecule has 1 aromatic carbocycles. The lowest BCUT2D eigenvalue weighted by atomic mass is 9.75. The van der Waals surface area contributed by atoms with Crippen molar-refractivity contribution in [1.29, 1.82) is 0 Å². The van der Waals surface area contributed by atoms with Crippen molar-refractivity contribution in [2.75, 3.05) is 20.2 Å². The summed E-state index contributed by atoms with van der Waals surface area (Å²) in [5, 5.41) is 0. The van der Waals surface area contributed by atoms with Crippen LogP contribution in [0.3, 0.4) is 0 Å². The number of rotatable bonds is 3. The molecule has 2 nitrogen and oxygen atoms in total. The molecule has 1 fully saturated rings. The van der Waals surface area contributed by atoms with Crippen molar-refractivity contribution in [1.82, 2.24) is 4.90 Å². The van der Waals surface area contributed by atoms with E-state index in [4.69, 9.17) is 4.74 Å². The van der Waals surface area contributed by atoms with Gasteiger partial charge in [-0.1, -0.05) is 18.2 Å². The van der Waals surface area contributed by atoms with E-state index in [2.05, 4.69) is 29.7 Å². The molecule has 3 rings (SSSR count). The number of likely N-dealkylation sites (tertiary alicyclic amines) is 1. The highest BCUT2D eigenvalue weighted by Gasteiger charge is 2.35. The van der Waals surface area contributed by atoms with Crippen LogP contribution >= 0.6 is 12.4 Å². The standard InChI is InChI=1S/C17H23NO.ClH/c1-3-9-18-10-5-7-14-11-13-6-4-8-17(19-2)15(13)12-16(14)18;/h3-4,6,8,14,16H,1,5,7,9-12H2,2H3;1H/t14-,16+;/m1./s1. The average Bonchev–Trinajstić information content (AvgIpc) is 2.45. The Morgan fingerprint density at radius 2 is 2.25 bits per heavy atom. The summed E-state index contributed by atoms with van der Waals surface area (Å²) in [6, 6.07) is 7.18. The third-order valence-electron chi connectivity index (χ3n) is 4.74. The van der Waals surface area contributed by atoms with E-state index in [-0.39, 0.29) is 12.4 Å².